The molecule has 0 aliphatic carbocycles. The number of halogens is 1. The average molecular weight is 479 g/mol. The van der Waals surface area contributed by atoms with Crippen LogP contribution in [0.15, 0.2) is 82.1 Å². The highest BCUT2D eigenvalue weighted by Gasteiger charge is 2.35. The third-order valence-corrected chi connectivity index (χ3v) is 6.82. The van der Waals surface area contributed by atoms with Gasteiger partial charge in [0.1, 0.15) is 5.57 Å². The number of hydrogen-bond donors (Lipinski definition) is 1. The third kappa shape index (κ3) is 4.48. The normalized spacial score (nSPS) is 15.3. The molecule has 1 N–H and O–H groups in total. The van der Waals surface area contributed by atoms with Gasteiger partial charge in [0, 0.05) is 14.8 Å². The summed E-state index contributed by atoms with van der Waals surface area (Å²) in [5.74, 6) is -0.952. The molecule has 0 bridgehead atoms. The van der Waals surface area contributed by atoms with Crippen molar-refractivity contribution in [1.29, 1.82) is 0 Å². The molecule has 7 heteroatoms. The Kier molecular flexibility index (Phi) is 6.46. The standard InChI is InChI=1S/C25H19ClN2O2S2/c1-15-6-5-8-21(16(15)2)28-24(30)20(23(29)27-25(28)31)14-17-7-3-4-9-22(17)32-19-12-10-18(26)11-13-19/h3-14H,1-2H3,(H,27,29,31)/b20-14-. The van der Waals surface area contributed by atoms with E-state index in [1.165, 1.54) is 16.7 Å². The van der Waals surface area contributed by atoms with Crippen molar-refractivity contribution < 1.29 is 9.59 Å². The maximum absolute atomic E-state index is 13.4. The minimum Gasteiger partial charge on any atom is -0.298 e. The monoisotopic (exact) mass is 478 g/mol. The van der Waals surface area contributed by atoms with Crippen LogP contribution in [-0.4, -0.2) is 16.9 Å². The second-order valence-corrected chi connectivity index (χ2v) is 9.21. The van der Waals surface area contributed by atoms with Crippen molar-refractivity contribution in [2.45, 2.75) is 23.6 Å². The molecule has 1 heterocycles. The van der Waals surface area contributed by atoms with E-state index in [4.69, 9.17) is 23.8 Å². The van der Waals surface area contributed by atoms with Gasteiger partial charge < -0.3 is 0 Å². The Hall–Kier alpha value is -2.93. The van der Waals surface area contributed by atoms with E-state index in [1.54, 1.807) is 6.08 Å². The number of carbonyl (C=O) groups is 2. The first-order chi connectivity index (χ1) is 15.3. The number of hydrogen-bond acceptors (Lipinski definition) is 4. The van der Waals surface area contributed by atoms with E-state index < -0.39 is 11.8 Å². The number of nitrogens with one attached hydrogen (secondary N) is 1. The molecule has 0 spiro atoms. The summed E-state index contributed by atoms with van der Waals surface area (Å²) >= 11 is 12.9. The van der Waals surface area contributed by atoms with Gasteiger partial charge in [-0.05, 0) is 85.2 Å². The van der Waals surface area contributed by atoms with Crippen LogP contribution in [0, 0.1) is 13.8 Å². The third-order valence-electron chi connectivity index (χ3n) is 5.18. The number of amides is 2. The molecule has 0 radical (unpaired) electrons. The minimum atomic E-state index is -0.507. The van der Waals surface area contributed by atoms with Gasteiger partial charge in [0.2, 0.25) is 0 Å². The lowest BCUT2D eigenvalue weighted by molar-refractivity contribution is -0.122. The fourth-order valence-corrected chi connectivity index (χ4v) is 4.65. The summed E-state index contributed by atoms with van der Waals surface area (Å²) in [6, 6.07) is 20.8. The second kappa shape index (κ2) is 9.28. The topological polar surface area (TPSA) is 49.4 Å². The largest absolute Gasteiger partial charge is 0.298 e. The van der Waals surface area contributed by atoms with Crippen LogP contribution in [-0.2, 0) is 9.59 Å². The number of benzene rings is 3. The maximum atomic E-state index is 13.4. The fraction of sp³-hybridized carbons (Fsp3) is 0.0800. The molecule has 3 aromatic rings. The Balaban J connectivity index is 1.73. The summed E-state index contributed by atoms with van der Waals surface area (Å²) in [7, 11) is 0. The molecule has 1 fully saturated rings. The molecule has 32 heavy (non-hydrogen) atoms. The van der Waals surface area contributed by atoms with Gasteiger partial charge in [-0.2, -0.15) is 0 Å². The molecule has 0 unspecified atom stereocenters. The summed E-state index contributed by atoms with van der Waals surface area (Å²) in [4.78, 5) is 29.4. The minimum absolute atomic E-state index is 0.0312. The zero-order valence-corrected chi connectivity index (χ0v) is 19.8. The van der Waals surface area contributed by atoms with Crippen molar-refractivity contribution in [2.75, 3.05) is 4.90 Å². The number of rotatable bonds is 4. The van der Waals surface area contributed by atoms with Crippen LogP contribution in [0.1, 0.15) is 16.7 Å². The highest BCUT2D eigenvalue weighted by molar-refractivity contribution is 7.99. The van der Waals surface area contributed by atoms with E-state index in [-0.39, 0.29) is 10.7 Å². The molecule has 1 saturated heterocycles. The van der Waals surface area contributed by atoms with Crippen LogP contribution < -0.4 is 10.2 Å². The van der Waals surface area contributed by atoms with Crippen molar-refractivity contribution >= 4 is 64.3 Å². The summed E-state index contributed by atoms with van der Waals surface area (Å²) in [6.07, 6.45) is 1.62. The summed E-state index contributed by atoms with van der Waals surface area (Å²) in [5.41, 5.74) is 3.42. The van der Waals surface area contributed by atoms with Crippen molar-refractivity contribution in [3.8, 4) is 0 Å². The molecule has 0 atom stereocenters. The Labute approximate surface area is 201 Å². The Morgan fingerprint density at radius 1 is 0.969 bits per heavy atom. The van der Waals surface area contributed by atoms with Crippen LogP contribution in [0.4, 0.5) is 5.69 Å². The molecular formula is C25H19ClN2O2S2. The SMILES string of the molecule is Cc1cccc(N2C(=O)/C(=C\c3ccccc3Sc3ccc(Cl)cc3)C(=O)NC2=S)c1C. The van der Waals surface area contributed by atoms with Gasteiger partial charge in [-0.25, -0.2) is 0 Å². The van der Waals surface area contributed by atoms with E-state index in [1.807, 2.05) is 80.6 Å². The summed E-state index contributed by atoms with van der Waals surface area (Å²) < 4.78 is 0. The lowest BCUT2D eigenvalue weighted by Crippen LogP contribution is -2.54. The van der Waals surface area contributed by atoms with Crippen LogP contribution >= 0.6 is 35.6 Å². The Morgan fingerprint density at radius 3 is 2.44 bits per heavy atom. The van der Waals surface area contributed by atoms with Gasteiger partial charge >= 0.3 is 0 Å². The van der Waals surface area contributed by atoms with E-state index in [0.717, 1.165) is 26.5 Å². The average Bonchev–Trinajstić information content (AvgIpc) is 2.76. The molecule has 0 aromatic heterocycles. The molecule has 2 amide bonds. The maximum Gasteiger partial charge on any atom is 0.270 e. The first kappa shape index (κ1) is 22.3. The smallest absolute Gasteiger partial charge is 0.270 e. The van der Waals surface area contributed by atoms with Crippen molar-refractivity contribution in [1.82, 2.24) is 5.32 Å². The van der Waals surface area contributed by atoms with Gasteiger partial charge in [0.15, 0.2) is 5.11 Å². The molecule has 4 rings (SSSR count). The van der Waals surface area contributed by atoms with Gasteiger partial charge in [0.05, 0.1) is 5.69 Å². The fourth-order valence-electron chi connectivity index (χ4n) is 3.33. The predicted molar refractivity (Wildman–Crippen MR) is 134 cm³/mol. The lowest BCUT2D eigenvalue weighted by atomic mass is 10.0. The summed E-state index contributed by atoms with van der Waals surface area (Å²) in [6.45, 7) is 3.90. The number of aryl methyl sites for hydroxylation is 1. The van der Waals surface area contributed by atoms with E-state index in [0.29, 0.717) is 10.7 Å². The quantitative estimate of drug-likeness (QED) is 0.286. The van der Waals surface area contributed by atoms with Gasteiger partial charge in [-0.15, -0.1) is 0 Å². The van der Waals surface area contributed by atoms with Gasteiger partial charge in [-0.1, -0.05) is 53.7 Å². The number of nitrogens with zero attached hydrogens (tertiary/aromatic N) is 1. The first-order valence-corrected chi connectivity index (χ1v) is 11.5. The Morgan fingerprint density at radius 2 is 1.69 bits per heavy atom. The lowest BCUT2D eigenvalue weighted by Gasteiger charge is -2.30. The second-order valence-electron chi connectivity index (χ2n) is 7.27. The highest BCUT2D eigenvalue weighted by atomic mass is 35.5. The van der Waals surface area contributed by atoms with Crippen LogP contribution in [0.5, 0.6) is 0 Å². The van der Waals surface area contributed by atoms with Crippen LogP contribution in [0.2, 0.25) is 5.02 Å². The molecule has 0 saturated carbocycles. The molecule has 4 nitrogen and oxygen atoms in total. The summed E-state index contributed by atoms with van der Waals surface area (Å²) in [5, 5.41) is 3.40. The van der Waals surface area contributed by atoms with E-state index >= 15 is 0 Å². The zero-order chi connectivity index (χ0) is 22.8. The zero-order valence-electron chi connectivity index (χ0n) is 17.4. The van der Waals surface area contributed by atoms with Gasteiger partial charge in [-0.3, -0.25) is 19.8 Å². The molecule has 1 aliphatic rings. The number of thiocarbonyl (C=S) groups is 1. The first-order valence-electron chi connectivity index (χ1n) is 9.85. The molecular weight excluding hydrogens is 460 g/mol. The van der Waals surface area contributed by atoms with Crippen LogP contribution in [0.25, 0.3) is 6.08 Å². The van der Waals surface area contributed by atoms with Crippen LogP contribution in [0.3, 0.4) is 0 Å². The number of carbonyl (C=O) groups excluding carboxylic acids is 2. The predicted octanol–water partition coefficient (Wildman–Crippen LogP) is 5.94. The van der Waals surface area contributed by atoms with Crippen molar-refractivity contribution in [3.63, 3.8) is 0 Å². The van der Waals surface area contributed by atoms with Crippen molar-refractivity contribution in [2.24, 2.45) is 0 Å². The van der Waals surface area contributed by atoms with Gasteiger partial charge in [0.25, 0.3) is 11.8 Å². The van der Waals surface area contributed by atoms with E-state index in [9.17, 15) is 9.59 Å². The highest BCUT2D eigenvalue weighted by Crippen LogP contribution is 2.33. The molecule has 160 valence electrons. The number of anilines is 1. The molecule has 1 aliphatic heterocycles. The Bertz CT molecular complexity index is 1270. The van der Waals surface area contributed by atoms with E-state index in [2.05, 4.69) is 5.32 Å². The molecule has 3 aromatic carbocycles. The van der Waals surface area contributed by atoms with Crippen molar-refractivity contribution in [3.05, 3.63) is 94.0 Å².